The number of hydrogen-bond acceptors (Lipinski definition) is 6. The Bertz CT molecular complexity index is 118. The fraction of sp³-hybridized carbons (Fsp3) is 0.500. The molecule has 0 amide bonds. The standard InChI is InChI=1S/CH5N3.CH5N.2HNO3/c2-1(3)4;1-2;2*2-1(3)4/h(H5,2,3,4);2H2,1H3;2*(H,2,3,4). The Morgan fingerprint density at radius 3 is 1.14 bits per heavy atom. The largest absolute Gasteiger partial charge is 0.370 e. The highest BCUT2D eigenvalue weighted by Gasteiger charge is 1.65. The highest BCUT2D eigenvalue weighted by molar-refractivity contribution is 5.71. The van der Waals surface area contributed by atoms with Gasteiger partial charge in [0.1, 0.15) is 0 Å². The van der Waals surface area contributed by atoms with Crippen LogP contribution in [0.25, 0.3) is 0 Å². The minimum absolute atomic E-state index is 0.333. The smallest absolute Gasteiger partial charge is 0.291 e. The lowest BCUT2D eigenvalue weighted by Crippen LogP contribution is -2.20. The van der Waals surface area contributed by atoms with Crippen molar-refractivity contribution >= 4 is 5.96 Å². The van der Waals surface area contributed by atoms with Crippen LogP contribution in [0.2, 0.25) is 0 Å². The van der Waals surface area contributed by atoms with Gasteiger partial charge in [-0.2, -0.15) is 0 Å². The molecular weight excluding hydrogens is 204 g/mol. The Hall–Kier alpha value is -2.37. The zero-order valence-electron chi connectivity index (χ0n) is 7.15. The van der Waals surface area contributed by atoms with Gasteiger partial charge in [-0.25, -0.2) is 0 Å². The van der Waals surface area contributed by atoms with Gasteiger partial charge < -0.3 is 27.6 Å². The van der Waals surface area contributed by atoms with E-state index in [1.165, 1.54) is 7.05 Å². The molecule has 12 nitrogen and oxygen atoms in total. The predicted molar refractivity (Wildman–Crippen MR) is 43.8 cm³/mol. The summed E-state index contributed by atoms with van der Waals surface area (Å²) in [5.74, 6) is -0.333. The van der Waals surface area contributed by atoms with Gasteiger partial charge in [0.15, 0.2) is 5.96 Å². The van der Waals surface area contributed by atoms with Gasteiger partial charge in [0.05, 0.1) is 0 Å². The van der Waals surface area contributed by atoms with Crippen LogP contribution in [0.15, 0.2) is 0 Å². The van der Waals surface area contributed by atoms with Gasteiger partial charge in [-0.05, 0) is 7.05 Å². The van der Waals surface area contributed by atoms with Crippen molar-refractivity contribution in [1.82, 2.24) is 0 Å². The summed E-state index contributed by atoms with van der Waals surface area (Å²) in [6.07, 6.45) is 0. The van der Waals surface area contributed by atoms with E-state index in [-0.39, 0.29) is 5.96 Å². The number of nitrogens with two attached hydrogens (primary N) is 3. The third-order valence-electron chi connectivity index (χ3n) is 0. The Kier molecular flexibility index (Phi) is 36.2. The normalized spacial score (nSPS) is 5.57. The first kappa shape index (κ1) is 22.6. The molecular formula is C2H12N6O6. The Morgan fingerprint density at radius 1 is 1.14 bits per heavy atom. The summed E-state index contributed by atoms with van der Waals surface area (Å²) in [7, 11) is 1.50. The molecule has 0 aromatic rings. The van der Waals surface area contributed by atoms with Crippen molar-refractivity contribution in [1.29, 1.82) is 5.41 Å². The van der Waals surface area contributed by atoms with Crippen LogP contribution in [0.1, 0.15) is 0 Å². The van der Waals surface area contributed by atoms with Crippen LogP contribution < -0.4 is 17.2 Å². The highest BCUT2D eigenvalue weighted by atomic mass is 16.9. The Balaban J connectivity index is -0.0000000492. The van der Waals surface area contributed by atoms with E-state index in [9.17, 15) is 0 Å². The summed E-state index contributed by atoms with van der Waals surface area (Å²) in [4.78, 5) is 16.7. The average molecular weight is 216 g/mol. The lowest BCUT2D eigenvalue weighted by molar-refractivity contribution is -0.742. The van der Waals surface area contributed by atoms with E-state index in [1.54, 1.807) is 0 Å². The van der Waals surface area contributed by atoms with E-state index in [1.807, 2.05) is 0 Å². The molecule has 0 unspecified atom stereocenters. The third kappa shape index (κ3) is 128. The van der Waals surface area contributed by atoms with E-state index in [0.29, 0.717) is 0 Å². The summed E-state index contributed by atoms with van der Waals surface area (Å²) < 4.78 is 0. The van der Waals surface area contributed by atoms with E-state index < -0.39 is 10.2 Å². The van der Waals surface area contributed by atoms with Gasteiger partial charge in [-0.3, -0.25) is 5.41 Å². The van der Waals surface area contributed by atoms with E-state index in [4.69, 9.17) is 36.1 Å². The van der Waals surface area contributed by atoms with Crippen molar-refractivity contribution in [3.63, 3.8) is 0 Å². The molecule has 0 aliphatic carbocycles. The predicted octanol–water partition coefficient (Wildman–Crippen LogP) is -2.28. The molecule has 86 valence electrons. The maximum absolute atomic E-state index is 8.36. The second kappa shape index (κ2) is 22.4. The molecule has 9 N–H and O–H groups in total. The molecule has 0 radical (unpaired) electrons. The summed E-state index contributed by atoms with van der Waals surface area (Å²) in [5, 5.41) is 33.3. The molecule has 0 spiro atoms. The van der Waals surface area contributed by atoms with Gasteiger partial charge in [0.25, 0.3) is 10.2 Å². The molecule has 0 aliphatic rings. The first-order valence-corrected chi connectivity index (χ1v) is 2.53. The maximum atomic E-state index is 8.36. The van der Waals surface area contributed by atoms with Crippen molar-refractivity contribution in [2.24, 2.45) is 17.2 Å². The molecule has 0 bridgehead atoms. The number of hydrogen-bond donors (Lipinski definition) is 6. The minimum atomic E-state index is -1.50. The topological polar surface area (TPSA) is 229 Å². The zero-order valence-corrected chi connectivity index (χ0v) is 7.15. The maximum Gasteiger partial charge on any atom is 0.291 e. The molecule has 0 aromatic heterocycles. The van der Waals surface area contributed by atoms with Crippen LogP contribution in [0.4, 0.5) is 0 Å². The van der Waals surface area contributed by atoms with Gasteiger partial charge in [-0.1, -0.05) is 0 Å². The van der Waals surface area contributed by atoms with Crippen molar-refractivity contribution in [3.8, 4) is 0 Å². The first-order chi connectivity index (χ1) is 6.20. The third-order valence-corrected chi connectivity index (χ3v) is 0. The second-order valence-corrected chi connectivity index (χ2v) is 0.931. The number of nitrogens with zero attached hydrogens (tertiary/aromatic N) is 2. The summed E-state index contributed by atoms with van der Waals surface area (Å²) >= 11 is 0. The monoisotopic (exact) mass is 216 g/mol. The van der Waals surface area contributed by atoms with Crippen LogP contribution in [0.5, 0.6) is 0 Å². The fourth-order valence-corrected chi connectivity index (χ4v) is 0. The minimum Gasteiger partial charge on any atom is -0.370 e. The van der Waals surface area contributed by atoms with Crippen molar-refractivity contribution in [2.75, 3.05) is 7.05 Å². The van der Waals surface area contributed by atoms with Gasteiger partial charge in [0, 0.05) is 0 Å². The van der Waals surface area contributed by atoms with E-state index in [0.717, 1.165) is 0 Å². The van der Waals surface area contributed by atoms with Crippen LogP contribution in [0, 0.1) is 25.6 Å². The zero-order chi connectivity index (χ0) is 12.7. The van der Waals surface area contributed by atoms with Crippen LogP contribution in [-0.4, -0.2) is 33.6 Å². The Labute approximate surface area is 77.6 Å². The van der Waals surface area contributed by atoms with Crippen molar-refractivity contribution < 1.29 is 20.6 Å². The van der Waals surface area contributed by atoms with Crippen molar-refractivity contribution in [2.45, 2.75) is 0 Å². The van der Waals surface area contributed by atoms with Crippen LogP contribution >= 0.6 is 0 Å². The average Bonchev–Trinajstić information content (AvgIpc) is 1.86. The molecule has 0 heterocycles. The number of guanidine groups is 1. The van der Waals surface area contributed by atoms with Crippen LogP contribution in [-0.2, 0) is 0 Å². The lowest BCUT2D eigenvalue weighted by atomic mass is 11.1. The van der Waals surface area contributed by atoms with Gasteiger partial charge >= 0.3 is 0 Å². The Morgan fingerprint density at radius 2 is 1.14 bits per heavy atom. The molecule has 0 atom stereocenters. The molecule has 0 fully saturated rings. The quantitative estimate of drug-likeness (QED) is 0.110. The van der Waals surface area contributed by atoms with Crippen LogP contribution in [0.3, 0.4) is 0 Å². The second-order valence-electron chi connectivity index (χ2n) is 0.931. The molecule has 0 saturated carbocycles. The van der Waals surface area contributed by atoms with E-state index in [2.05, 4.69) is 17.2 Å². The first-order valence-electron chi connectivity index (χ1n) is 2.53. The molecule has 14 heavy (non-hydrogen) atoms. The van der Waals surface area contributed by atoms with Gasteiger partial charge in [-0.15, -0.1) is 20.2 Å². The molecule has 0 rings (SSSR count). The summed E-state index contributed by atoms with van der Waals surface area (Å²) in [6, 6.07) is 0. The summed E-state index contributed by atoms with van der Waals surface area (Å²) in [6.45, 7) is 0. The number of rotatable bonds is 0. The number of nitrogens with one attached hydrogen (secondary N) is 1. The molecule has 0 aromatic carbocycles. The fourth-order valence-electron chi connectivity index (χ4n) is 0. The lowest BCUT2D eigenvalue weighted by Gasteiger charge is -1.69. The SMILES string of the molecule is CN.N=C(N)N.O=[N+]([O-])O.O=[N+]([O-])O. The summed E-state index contributed by atoms with van der Waals surface area (Å²) in [5.41, 5.74) is 13.4. The molecule has 0 aliphatic heterocycles. The molecule has 0 saturated heterocycles. The van der Waals surface area contributed by atoms with Gasteiger partial charge in [0.2, 0.25) is 0 Å². The molecule has 12 heteroatoms. The van der Waals surface area contributed by atoms with Crippen molar-refractivity contribution in [3.05, 3.63) is 20.2 Å². The highest BCUT2D eigenvalue weighted by Crippen LogP contribution is 1.38. The van der Waals surface area contributed by atoms with E-state index >= 15 is 0 Å².